The zero-order valence-electron chi connectivity index (χ0n) is 18.8. The Morgan fingerprint density at radius 1 is 1.03 bits per heavy atom. The number of ketones is 1. The van der Waals surface area contributed by atoms with Crippen molar-refractivity contribution in [3.05, 3.63) is 71.9 Å². The molecule has 1 saturated heterocycles. The van der Waals surface area contributed by atoms with E-state index in [1.165, 1.54) is 5.69 Å². The van der Waals surface area contributed by atoms with Gasteiger partial charge in [-0.2, -0.15) is 0 Å². The Bertz CT molecular complexity index is 964. The number of anilines is 2. The van der Waals surface area contributed by atoms with Gasteiger partial charge in [0.1, 0.15) is 5.92 Å². The van der Waals surface area contributed by atoms with Gasteiger partial charge >= 0.3 is 5.97 Å². The lowest BCUT2D eigenvalue weighted by Gasteiger charge is -2.34. The third kappa shape index (κ3) is 5.02. The third-order valence-corrected chi connectivity index (χ3v) is 6.27. The topological polar surface area (TPSA) is 61.9 Å². The number of esters is 1. The molecule has 2 atom stereocenters. The maximum absolute atomic E-state index is 13.0. The van der Waals surface area contributed by atoms with E-state index >= 15 is 0 Å². The molecule has 2 aromatic rings. The van der Waals surface area contributed by atoms with Crippen molar-refractivity contribution in [2.75, 3.05) is 50.1 Å². The van der Waals surface area contributed by atoms with Crippen molar-refractivity contribution in [3.8, 4) is 0 Å². The number of hydrogen-bond donors (Lipinski definition) is 1. The highest BCUT2D eigenvalue weighted by atomic mass is 16.5. The van der Waals surface area contributed by atoms with E-state index in [4.69, 9.17) is 4.74 Å². The Balaban J connectivity index is 1.50. The Labute approximate surface area is 189 Å². The van der Waals surface area contributed by atoms with Crippen LogP contribution in [0.2, 0.25) is 0 Å². The van der Waals surface area contributed by atoms with Crippen LogP contribution >= 0.6 is 0 Å². The van der Waals surface area contributed by atoms with E-state index in [0.717, 1.165) is 43.1 Å². The van der Waals surface area contributed by atoms with Gasteiger partial charge < -0.3 is 19.9 Å². The monoisotopic (exact) mass is 433 g/mol. The van der Waals surface area contributed by atoms with Crippen LogP contribution in [0, 0.1) is 5.92 Å². The number of allylic oxidation sites excluding steroid dienone is 2. The van der Waals surface area contributed by atoms with E-state index in [9.17, 15) is 9.59 Å². The largest absolute Gasteiger partial charge is 0.465 e. The van der Waals surface area contributed by atoms with Crippen molar-refractivity contribution in [1.29, 1.82) is 0 Å². The molecule has 168 valence electrons. The molecule has 0 saturated carbocycles. The second-order valence-electron chi connectivity index (χ2n) is 8.49. The molecule has 2 unspecified atom stereocenters. The Hall–Kier alpha value is -3.12. The predicted molar refractivity (Wildman–Crippen MR) is 127 cm³/mol. The Kier molecular flexibility index (Phi) is 6.90. The standard InChI is InChI=1S/C26H31N3O3/c1-3-32-26(31)25-23(19-7-5-4-6-8-19)17-21(18-24(25)30)27-20-9-11-22(12-10-20)29-15-13-28(2)14-16-29/h4-12,18,23,25,27H,3,13-17H2,1-2H3. The van der Waals surface area contributed by atoms with E-state index in [2.05, 4.69) is 34.3 Å². The lowest BCUT2D eigenvalue weighted by molar-refractivity contribution is -0.151. The average Bonchev–Trinajstić information content (AvgIpc) is 2.80. The Morgan fingerprint density at radius 3 is 2.38 bits per heavy atom. The SMILES string of the molecule is CCOC(=O)C1C(=O)C=C(Nc2ccc(N3CCN(C)CC3)cc2)CC1c1ccccc1. The van der Waals surface area contributed by atoms with Crippen LogP contribution in [0.3, 0.4) is 0 Å². The summed E-state index contributed by atoms with van der Waals surface area (Å²) in [6, 6.07) is 18.1. The van der Waals surface area contributed by atoms with Crippen LogP contribution in [0.1, 0.15) is 24.8 Å². The van der Waals surface area contributed by atoms with Gasteiger partial charge in [0, 0.05) is 55.2 Å². The average molecular weight is 434 g/mol. The molecule has 1 fully saturated rings. The number of piperazine rings is 1. The van der Waals surface area contributed by atoms with Crippen LogP contribution in [0.25, 0.3) is 0 Å². The first-order chi connectivity index (χ1) is 15.5. The highest BCUT2D eigenvalue weighted by Gasteiger charge is 2.39. The summed E-state index contributed by atoms with van der Waals surface area (Å²) in [6.45, 7) is 6.21. The smallest absolute Gasteiger partial charge is 0.317 e. The number of nitrogens with one attached hydrogen (secondary N) is 1. The van der Waals surface area contributed by atoms with Gasteiger partial charge in [-0.05, 0) is 50.2 Å². The first-order valence-corrected chi connectivity index (χ1v) is 11.3. The van der Waals surface area contributed by atoms with E-state index in [0.29, 0.717) is 6.42 Å². The number of carbonyl (C=O) groups is 2. The fourth-order valence-electron chi connectivity index (χ4n) is 4.49. The molecule has 0 bridgehead atoms. The maximum atomic E-state index is 13.0. The van der Waals surface area contributed by atoms with E-state index in [1.54, 1.807) is 13.0 Å². The second-order valence-corrected chi connectivity index (χ2v) is 8.49. The van der Waals surface area contributed by atoms with E-state index in [-0.39, 0.29) is 18.3 Å². The quantitative estimate of drug-likeness (QED) is 0.554. The van der Waals surface area contributed by atoms with Gasteiger partial charge in [-0.3, -0.25) is 9.59 Å². The molecule has 2 aromatic carbocycles. The van der Waals surface area contributed by atoms with Crippen LogP contribution < -0.4 is 10.2 Å². The summed E-state index contributed by atoms with van der Waals surface area (Å²) in [5.74, 6) is -1.71. The van der Waals surface area contributed by atoms with Crippen LogP contribution in [-0.2, 0) is 14.3 Å². The molecular formula is C26H31N3O3. The number of benzene rings is 2. The molecule has 0 radical (unpaired) electrons. The molecule has 0 spiro atoms. The molecule has 1 heterocycles. The Morgan fingerprint density at radius 2 is 1.72 bits per heavy atom. The molecule has 0 amide bonds. The fraction of sp³-hybridized carbons (Fsp3) is 0.385. The van der Waals surface area contributed by atoms with Gasteiger partial charge in [0.25, 0.3) is 0 Å². The summed E-state index contributed by atoms with van der Waals surface area (Å²) in [5, 5.41) is 3.40. The summed E-state index contributed by atoms with van der Waals surface area (Å²) >= 11 is 0. The van der Waals surface area contributed by atoms with Crippen molar-refractivity contribution in [2.24, 2.45) is 5.92 Å². The van der Waals surface area contributed by atoms with Crippen molar-refractivity contribution >= 4 is 23.1 Å². The third-order valence-electron chi connectivity index (χ3n) is 6.27. The first-order valence-electron chi connectivity index (χ1n) is 11.3. The molecule has 1 aliphatic carbocycles. The molecule has 6 heteroatoms. The van der Waals surface area contributed by atoms with Crippen molar-refractivity contribution in [3.63, 3.8) is 0 Å². The number of ether oxygens (including phenoxy) is 1. The van der Waals surface area contributed by atoms with Crippen LogP contribution in [0.15, 0.2) is 66.4 Å². The first kappa shape index (κ1) is 22.1. The lowest BCUT2D eigenvalue weighted by Crippen LogP contribution is -2.44. The fourth-order valence-corrected chi connectivity index (χ4v) is 4.49. The van der Waals surface area contributed by atoms with E-state index < -0.39 is 11.9 Å². The molecule has 0 aromatic heterocycles. The highest BCUT2D eigenvalue weighted by Crippen LogP contribution is 2.37. The zero-order valence-corrected chi connectivity index (χ0v) is 18.8. The van der Waals surface area contributed by atoms with Crippen molar-refractivity contribution < 1.29 is 14.3 Å². The van der Waals surface area contributed by atoms with Gasteiger partial charge in [-0.15, -0.1) is 0 Å². The summed E-state index contributed by atoms with van der Waals surface area (Å²) in [7, 11) is 2.15. The molecule has 1 N–H and O–H groups in total. The number of rotatable bonds is 6. The van der Waals surface area contributed by atoms with E-state index in [1.807, 2.05) is 42.5 Å². The summed E-state index contributed by atoms with van der Waals surface area (Å²) in [4.78, 5) is 30.2. The molecule has 2 aliphatic rings. The number of nitrogens with zero attached hydrogens (tertiary/aromatic N) is 2. The van der Waals surface area contributed by atoms with Crippen LogP contribution in [0.4, 0.5) is 11.4 Å². The van der Waals surface area contributed by atoms with Crippen LogP contribution in [0.5, 0.6) is 0 Å². The number of hydrogen-bond acceptors (Lipinski definition) is 6. The van der Waals surface area contributed by atoms with Gasteiger partial charge in [-0.1, -0.05) is 30.3 Å². The summed E-state index contributed by atoms with van der Waals surface area (Å²) in [5.41, 5.74) is 3.93. The molecule has 1 aliphatic heterocycles. The molecular weight excluding hydrogens is 402 g/mol. The highest BCUT2D eigenvalue weighted by molar-refractivity contribution is 6.07. The van der Waals surface area contributed by atoms with Crippen molar-refractivity contribution in [1.82, 2.24) is 4.90 Å². The number of likely N-dealkylation sites (N-methyl/N-ethyl adjacent to an activating group) is 1. The summed E-state index contributed by atoms with van der Waals surface area (Å²) in [6.07, 6.45) is 2.13. The maximum Gasteiger partial charge on any atom is 0.317 e. The van der Waals surface area contributed by atoms with Gasteiger partial charge in [0.2, 0.25) is 0 Å². The van der Waals surface area contributed by atoms with Gasteiger partial charge in [-0.25, -0.2) is 0 Å². The summed E-state index contributed by atoms with van der Waals surface area (Å²) < 4.78 is 5.22. The van der Waals surface area contributed by atoms with Crippen molar-refractivity contribution in [2.45, 2.75) is 19.3 Å². The zero-order chi connectivity index (χ0) is 22.5. The normalized spacial score (nSPS) is 21.8. The second kappa shape index (κ2) is 10.0. The minimum absolute atomic E-state index is 0.208. The predicted octanol–water partition coefficient (Wildman–Crippen LogP) is 3.67. The van der Waals surface area contributed by atoms with Gasteiger partial charge in [0.05, 0.1) is 6.61 Å². The number of carbonyl (C=O) groups excluding carboxylic acids is 2. The molecule has 4 rings (SSSR count). The molecule has 6 nitrogen and oxygen atoms in total. The van der Waals surface area contributed by atoms with Crippen LogP contribution in [-0.4, -0.2) is 56.5 Å². The lowest BCUT2D eigenvalue weighted by atomic mass is 9.76. The minimum atomic E-state index is -0.803. The molecule has 32 heavy (non-hydrogen) atoms. The minimum Gasteiger partial charge on any atom is -0.465 e. The van der Waals surface area contributed by atoms with Gasteiger partial charge in [0.15, 0.2) is 5.78 Å².